The van der Waals surface area contributed by atoms with Gasteiger partial charge >= 0.3 is 0 Å². The first kappa shape index (κ1) is 15.8. The maximum absolute atomic E-state index is 13.2. The van der Waals surface area contributed by atoms with E-state index in [-0.39, 0.29) is 30.0 Å². The second-order valence-electron chi connectivity index (χ2n) is 5.64. The van der Waals surface area contributed by atoms with E-state index >= 15 is 0 Å². The monoisotopic (exact) mass is 300 g/mol. The predicted octanol–water partition coefficient (Wildman–Crippen LogP) is 2.45. The number of carbonyl (C=O) groups is 1. The van der Waals surface area contributed by atoms with Crippen molar-refractivity contribution in [3.63, 3.8) is 0 Å². The van der Waals surface area contributed by atoms with Crippen molar-refractivity contribution in [2.75, 3.05) is 13.6 Å². The molecule has 1 aliphatic heterocycles. The summed E-state index contributed by atoms with van der Waals surface area (Å²) in [5, 5.41) is 3.27. The highest BCUT2D eigenvalue weighted by Crippen LogP contribution is 2.20. The van der Waals surface area contributed by atoms with E-state index in [1.807, 2.05) is 6.92 Å². The molecule has 1 aromatic rings. The van der Waals surface area contributed by atoms with Crippen LogP contribution in [0.5, 0.6) is 0 Å². The summed E-state index contributed by atoms with van der Waals surface area (Å²) in [6.45, 7) is 2.86. The number of halogens is 3. The van der Waals surface area contributed by atoms with E-state index in [1.54, 1.807) is 7.05 Å². The summed E-state index contributed by atoms with van der Waals surface area (Å²) in [5.41, 5.74) is 0.240. The minimum atomic E-state index is -1.49. The number of carbonyl (C=O) groups excluding carboxylic acids is 1. The summed E-state index contributed by atoms with van der Waals surface area (Å²) in [7, 11) is 1.59. The van der Waals surface area contributed by atoms with Crippen LogP contribution in [-0.2, 0) is 11.3 Å². The fraction of sp³-hybridized carbons (Fsp3) is 0.533. The molecule has 1 saturated heterocycles. The molecule has 1 fully saturated rings. The molecule has 2 atom stereocenters. The van der Waals surface area contributed by atoms with Crippen molar-refractivity contribution in [3.8, 4) is 0 Å². The van der Waals surface area contributed by atoms with Crippen molar-refractivity contribution < 1.29 is 18.0 Å². The standard InChI is InChI=1S/C15H19F3N2O/c1-9-5-11(3-4-19-9)15(21)20(2)8-10-6-12(16)14(18)13(17)7-10/h6-7,9,11,19H,3-5,8H2,1-2H3/t9-,11-/m0/s1. The lowest BCUT2D eigenvalue weighted by Crippen LogP contribution is -2.42. The molecule has 1 heterocycles. The average molecular weight is 300 g/mol. The summed E-state index contributed by atoms with van der Waals surface area (Å²) in [6, 6.07) is 2.13. The molecule has 0 radical (unpaired) electrons. The smallest absolute Gasteiger partial charge is 0.225 e. The molecule has 1 N–H and O–H groups in total. The van der Waals surface area contributed by atoms with Crippen molar-refractivity contribution in [2.45, 2.75) is 32.4 Å². The summed E-state index contributed by atoms with van der Waals surface area (Å²) in [4.78, 5) is 13.8. The lowest BCUT2D eigenvalue weighted by Gasteiger charge is -2.30. The summed E-state index contributed by atoms with van der Waals surface area (Å²) in [5.74, 6) is -4.09. The highest BCUT2D eigenvalue weighted by Gasteiger charge is 2.27. The van der Waals surface area contributed by atoms with Gasteiger partial charge in [0.05, 0.1) is 0 Å². The van der Waals surface area contributed by atoms with Crippen molar-refractivity contribution >= 4 is 5.91 Å². The lowest BCUT2D eigenvalue weighted by molar-refractivity contribution is -0.135. The SMILES string of the molecule is C[C@H]1C[C@@H](C(=O)N(C)Cc2cc(F)c(F)c(F)c2)CCN1. The Balaban J connectivity index is 2.03. The fourth-order valence-electron chi connectivity index (χ4n) is 2.72. The normalized spacial score (nSPS) is 22.1. The number of piperidine rings is 1. The van der Waals surface area contributed by atoms with Crippen LogP contribution in [0, 0.1) is 23.4 Å². The van der Waals surface area contributed by atoms with Gasteiger partial charge in [-0.15, -0.1) is 0 Å². The topological polar surface area (TPSA) is 32.3 Å². The van der Waals surface area contributed by atoms with Crippen LogP contribution < -0.4 is 5.32 Å². The molecule has 1 amide bonds. The quantitative estimate of drug-likeness (QED) is 0.870. The molecule has 3 nitrogen and oxygen atoms in total. The Labute approximate surface area is 122 Å². The van der Waals surface area contributed by atoms with Crippen LogP contribution in [0.3, 0.4) is 0 Å². The maximum atomic E-state index is 13.2. The van der Waals surface area contributed by atoms with Gasteiger partial charge in [-0.25, -0.2) is 13.2 Å². The molecule has 1 aliphatic rings. The molecule has 0 bridgehead atoms. The Kier molecular flexibility index (Phi) is 4.88. The molecule has 0 saturated carbocycles. The van der Waals surface area contributed by atoms with Crippen LogP contribution in [0.15, 0.2) is 12.1 Å². The Bertz CT molecular complexity index is 513. The van der Waals surface area contributed by atoms with Gasteiger partial charge in [0.2, 0.25) is 5.91 Å². The Hall–Kier alpha value is -1.56. The van der Waals surface area contributed by atoms with E-state index in [0.29, 0.717) is 0 Å². The second-order valence-corrected chi connectivity index (χ2v) is 5.64. The number of nitrogens with one attached hydrogen (secondary N) is 1. The number of rotatable bonds is 3. The van der Waals surface area contributed by atoms with Crippen molar-refractivity contribution in [1.29, 1.82) is 0 Å². The first-order chi connectivity index (χ1) is 9.88. The fourth-order valence-corrected chi connectivity index (χ4v) is 2.72. The van der Waals surface area contributed by atoms with Crippen LogP contribution in [0.2, 0.25) is 0 Å². The van der Waals surface area contributed by atoms with Gasteiger partial charge in [-0.05, 0) is 44.0 Å². The average Bonchev–Trinajstić information content (AvgIpc) is 2.43. The molecule has 1 aromatic carbocycles. The second kappa shape index (κ2) is 6.47. The third-order valence-electron chi connectivity index (χ3n) is 3.81. The maximum Gasteiger partial charge on any atom is 0.225 e. The minimum Gasteiger partial charge on any atom is -0.341 e. The van der Waals surface area contributed by atoms with Gasteiger partial charge < -0.3 is 10.2 Å². The lowest BCUT2D eigenvalue weighted by atomic mass is 9.92. The van der Waals surface area contributed by atoms with Gasteiger partial charge in [-0.3, -0.25) is 4.79 Å². The van der Waals surface area contributed by atoms with Crippen LogP contribution in [0.25, 0.3) is 0 Å². The first-order valence-corrected chi connectivity index (χ1v) is 7.00. The molecular weight excluding hydrogens is 281 g/mol. The third kappa shape index (κ3) is 3.75. The zero-order valence-corrected chi connectivity index (χ0v) is 12.1. The van der Waals surface area contributed by atoms with E-state index in [2.05, 4.69) is 5.32 Å². The highest BCUT2D eigenvalue weighted by molar-refractivity contribution is 5.78. The number of hydrogen-bond acceptors (Lipinski definition) is 2. The van der Waals surface area contributed by atoms with Gasteiger partial charge in [0.25, 0.3) is 0 Å². The Morgan fingerprint density at radius 2 is 1.95 bits per heavy atom. The highest BCUT2D eigenvalue weighted by atomic mass is 19.2. The van der Waals surface area contributed by atoms with Crippen molar-refractivity contribution in [1.82, 2.24) is 10.2 Å². The number of nitrogens with zero attached hydrogens (tertiary/aromatic N) is 1. The molecule has 116 valence electrons. The van der Waals surface area contributed by atoms with Gasteiger partial charge in [-0.2, -0.15) is 0 Å². The van der Waals surface area contributed by atoms with Gasteiger partial charge in [0, 0.05) is 25.6 Å². The van der Waals surface area contributed by atoms with E-state index in [9.17, 15) is 18.0 Å². The summed E-state index contributed by atoms with van der Waals surface area (Å²) in [6.07, 6.45) is 1.50. The first-order valence-electron chi connectivity index (χ1n) is 7.00. The molecule has 0 unspecified atom stereocenters. The van der Waals surface area contributed by atoms with Crippen molar-refractivity contribution in [3.05, 3.63) is 35.1 Å². The van der Waals surface area contributed by atoms with E-state index in [1.165, 1.54) is 4.90 Å². The van der Waals surface area contributed by atoms with Crippen LogP contribution in [0.1, 0.15) is 25.3 Å². The zero-order chi connectivity index (χ0) is 15.6. The number of benzene rings is 1. The Morgan fingerprint density at radius 1 is 1.33 bits per heavy atom. The molecule has 21 heavy (non-hydrogen) atoms. The van der Waals surface area contributed by atoms with Gasteiger partial charge in [0.1, 0.15) is 0 Å². The van der Waals surface area contributed by atoms with E-state index in [0.717, 1.165) is 31.5 Å². The summed E-state index contributed by atoms with van der Waals surface area (Å²) >= 11 is 0. The van der Waals surface area contributed by atoms with Gasteiger partial charge in [0.15, 0.2) is 17.5 Å². The molecular formula is C15H19F3N2O. The molecule has 0 aromatic heterocycles. The summed E-state index contributed by atoms with van der Waals surface area (Å²) < 4.78 is 39.2. The van der Waals surface area contributed by atoms with E-state index in [4.69, 9.17) is 0 Å². The molecule has 0 aliphatic carbocycles. The van der Waals surface area contributed by atoms with Crippen LogP contribution in [-0.4, -0.2) is 30.4 Å². The van der Waals surface area contributed by atoms with Crippen molar-refractivity contribution in [2.24, 2.45) is 5.92 Å². The Morgan fingerprint density at radius 3 is 2.52 bits per heavy atom. The third-order valence-corrected chi connectivity index (χ3v) is 3.81. The van der Waals surface area contributed by atoms with Crippen LogP contribution >= 0.6 is 0 Å². The predicted molar refractivity (Wildman–Crippen MR) is 73.0 cm³/mol. The van der Waals surface area contributed by atoms with Gasteiger partial charge in [-0.1, -0.05) is 0 Å². The number of amides is 1. The minimum absolute atomic E-state index is 0.0477. The molecule has 2 rings (SSSR count). The molecule has 6 heteroatoms. The van der Waals surface area contributed by atoms with E-state index < -0.39 is 17.5 Å². The van der Waals surface area contributed by atoms with Crippen LogP contribution in [0.4, 0.5) is 13.2 Å². The largest absolute Gasteiger partial charge is 0.341 e. The number of hydrogen-bond donors (Lipinski definition) is 1. The molecule has 0 spiro atoms. The zero-order valence-electron chi connectivity index (χ0n) is 12.1.